The molecule has 1 saturated heterocycles. The Morgan fingerprint density at radius 1 is 1.85 bits per heavy atom. The first kappa shape index (κ1) is 9.98. The van der Waals surface area contributed by atoms with Crippen molar-refractivity contribution in [3.8, 4) is 0 Å². The maximum absolute atomic E-state index is 11.3. The van der Waals surface area contributed by atoms with Crippen LogP contribution in [-0.4, -0.2) is 36.4 Å². The number of hydrogen-bond acceptors (Lipinski definition) is 5. The smallest absolute Gasteiger partial charge is 0.336 e. The van der Waals surface area contributed by atoms with E-state index in [-0.39, 0.29) is 13.2 Å². The van der Waals surface area contributed by atoms with Gasteiger partial charge in [-0.3, -0.25) is 4.79 Å². The third-order valence-corrected chi connectivity index (χ3v) is 2.08. The van der Waals surface area contributed by atoms with Crippen LogP contribution in [-0.2, 0) is 19.1 Å². The summed E-state index contributed by atoms with van der Waals surface area (Å²) in [5, 5.41) is 9.34. The monoisotopic (exact) mass is 188 g/mol. The average Bonchev–Trinajstić information content (AvgIpc) is 2.35. The fraction of sp³-hybridized carbons (Fsp3) is 0.750. The standard InChI is InChI=1S/C8H12O5/c1-3-12-7(11)8(2)4-13-6(10)5(8)9/h5,9H,3-4H2,1-2H3/t5-,8+/m0/s1. The molecule has 0 spiro atoms. The van der Waals surface area contributed by atoms with Crippen molar-refractivity contribution in [3.05, 3.63) is 0 Å². The van der Waals surface area contributed by atoms with Crippen LogP contribution < -0.4 is 0 Å². The molecule has 0 bridgehead atoms. The molecule has 13 heavy (non-hydrogen) atoms. The van der Waals surface area contributed by atoms with Gasteiger partial charge in [0.15, 0.2) is 6.10 Å². The summed E-state index contributed by atoms with van der Waals surface area (Å²) in [4.78, 5) is 22.1. The molecule has 0 aliphatic carbocycles. The zero-order valence-corrected chi connectivity index (χ0v) is 7.57. The highest BCUT2D eigenvalue weighted by Crippen LogP contribution is 2.30. The minimum Gasteiger partial charge on any atom is -0.465 e. The van der Waals surface area contributed by atoms with Crippen molar-refractivity contribution >= 4 is 11.9 Å². The Hall–Kier alpha value is -1.10. The zero-order valence-electron chi connectivity index (χ0n) is 7.57. The van der Waals surface area contributed by atoms with Gasteiger partial charge in [0.25, 0.3) is 0 Å². The molecule has 1 heterocycles. The highest BCUT2D eigenvalue weighted by atomic mass is 16.6. The van der Waals surface area contributed by atoms with Crippen molar-refractivity contribution in [2.45, 2.75) is 20.0 Å². The summed E-state index contributed by atoms with van der Waals surface area (Å²) >= 11 is 0. The Bertz CT molecular complexity index is 237. The highest BCUT2D eigenvalue weighted by molar-refractivity contribution is 5.89. The molecule has 1 N–H and O–H groups in total. The molecule has 0 aromatic carbocycles. The maximum atomic E-state index is 11.3. The van der Waals surface area contributed by atoms with Crippen molar-refractivity contribution < 1.29 is 24.2 Å². The summed E-state index contributed by atoms with van der Waals surface area (Å²) in [5.41, 5.74) is -1.24. The summed E-state index contributed by atoms with van der Waals surface area (Å²) in [7, 11) is 0. The van der Waals surface area contributed by atoms with Crippen LogP contribution in [0.1, 0.15) is 13.8 Å². The first-order valence-corrected chi connectivity index (χ1v) is 4.04. The summed E-state index contributed by atoms with van der Waals surface area (Å²) in [6.07, 6.45) is -1.41. The molecule has 1 fully saturated rings. The summed E-state index contributed by atoms with van der Waals surface area (Å²) in [6, 6.07) is 0. The van der Waals surface area contributed by atoms with Gasteiger partial charge < -0.3 is 14.6 Å². The number of ether oxygens (including phenoxy) is 2. The number of aliphatic hydroxyl groups is 1. The predicted molar refractivity (Wildman–Crippen MR) is 41.7 cm³/mol. The topological polar surface area (TPSA) is 72.8 Å². The fourth-order valence-corrected chi connectivity index (χ4v) is 1.11. The van der Waals surface area contributed by atoms with Gasteiger partial charge in [0.05, 0.1) is 6.61 Å². The lowest BCUT2D eigenvalue weighted by molar-refractivity contribution is -0.160. The molecule has 0 amide bonds. The van der Waals surface area contributed by atoms with E-state index in [0.29, 0.717) is 0 Å². The van der Waals surface area contributed by atoms with Gasteiger partial charge in [0.1, 0.15) is 12.0 Å². The molecule has 0 radical (unpaired) electrons. The van der Waals surface area contributed by atoms with Gasteiger partial charge in [-0.05, 0) is 13.8 Å². The van der Waals surface area contributed by atoms with Crippen molar-refractivity contribution in [1.29, 1.82) is 0 Å². The Balaban J connectivity index is 2.76. The summed E-state index contributed by atoms with van der Waals surface area (Å²) in [5.74, 6) is -1.37. The van der Waals surface area contributed by atoms with Crippen LogP contribution in [0.4, 0.5) is 0 Å². The molecule has 5 nitrogen and oxygen atoms in total. The van der Waals surface area contributed by atoms with Crippen molar-refractivity contribution in [2.24, 2.45) is 5.41 Å². The lowest BCUT2D eigenvalue weighted by Crippen LogP contribution is -2.41. The second-order valence-electron chi connectivity index (χ2n) is 3.15. The van der Waals surface area contributed by atoms with Crippen molar-refractivity contribution in [3.63, 3.8) is 0 Å². The summed E-state index contributed by atoms with van der Waals surface area (Å²) in [6.45, 7) is 3.20. The van der Waals surface area contributed by atoms with Crippen LogP contribution in [0.15, 0.2) is 0 Å². The Kier molecular flexibility index (Phi) is 2.56. The fourth-order valence-electron chi connectivity index (χ4n) is 1.11. The number of carbonyl (C=O) groups is 2. The molecule has 0 aromatic heterocycles. The average molecular weight is 188 g/mol. The second-order valence-corrected chi connectivity index (χ2v) is 3.15. The third kappa shape index (κ3) is 1.51. The van der Waals surface area contributed by atoms with Crippen LogP contribution in [0.25, 0.3) is 0 Å². The molecule has 1 aliphatic rings. The first-order valence-electron chi connectivity index (χ1n) is 4.04. The number of hydrogen-bond donors (Lipinski definition) is 1. The van der Waals surface area contributed by atoms with Gasteiger partial charge in [-0.25, -0.2) is 4.79 Å². The van der Waals surface area contributed by atoms with Crippen LogP contribution in [0.2, 0.25) is 0 Å². The van der Waals surface area contributed by atoms with Gasteiger partial charge in [-0.1, -0.05) is 0 Å². The SMILES string of the molecule is CCOC(=O)[C@]1(C)COC(=O)[C@@H]1O. The van der Waals surface area contributed by atoms with E-state index in [1.54, 1.807) is 6.92 Å². The van der Waals surface area contributed by atoms with Gasteiger partial charge >= 0.3 is 11.9 Å². The predicted octanol–water partition coefficient (Wildman–Crippen LogP) is -0.527. The van der Waals surface area contributed by atoms with Crippen LogP contribution in [0, 0.1) is 5.41 Å². The van der Waals surface area contributed by atoms with Gasteiger partial charge in [-0.2, -0.15) is 0 Å². The number of carbonyl (C=O) groups excluding carboxylic acids is 2. The Morgan fingerprint density at radius 3 is 2.85 bits per heavy atom. The largest absolute Gasteiger partial charge is 0.465 e. The van der Waals surface area contributed by atoms with Crippen molar-refractivity contribution in [1.82, 2.24) is 0 Å². The van der Waals surface area contributed by atoms with E-state index in [1.165, 1.54) is 6.92 Å². The molecule has 0 saturated carbocycles. The van der Waals surface area contributed by atoms with E-state index in [4.69, 9.17) is 4.74 Å². The first-order chi connectivity index (χ1) is 6.02. The molecule has 1 rings (SSSR count). The van der Waals surface area contributed by atoms with E-state index >= 15 is 0 Å². The van der Waals surface area contributed by atoms with Crippen LogP contribution >= 0.6 is 0 Å². The number of aliphatic hydroxyl groups excluding tert-OH is 1. The molecule has 2 atom stereocenters. The molecule has 74 valence electrons. The Morgan fingerprint density at radius 2 is 2.46 bits per heavy atom. The van der Waals surface area contributed by atoms with E-state index in [9.17, 15) is 14.7 Å². The van der Waals surface area contributed by atoms with Gasteiger partial charge in [0, 0.05) is 0 Å². The second kappa shape index (κ2) is 3.33. The zero-order chi connectivity index (χ0) is 10.1. The molecule has 0 aromatic rings. The number of esters is 2. The lowest BCUT2D eigenvalue weighted by atomic mass is 9.87. The number of rotatable bonds is 2. The normalized spacial score (nSPS) is 32.8. The molecular formula is C8H12O5. The van der Waals surface area contributed by atoms with Crippen LogP contribution in [0.3, 0.4) is 0 Å². The third-order valence-electron chi connectivity index (χ3n) is 2.08. The lowest BCUT2D eigenvalue weighted by Gasteiger charge is -2.20. The van der Waals surface area contributed by atoms with Gasteiger partial charge in [-0.15, -0.1) is 0 Å². The maximum Gasteiger partial charge on any atom is 0.336 e. The summed E-state index contributed by atoms with van der Waals surface area (Å²) < 4.78 is 9.27. The van der Waals surface area contributed by atoms with Crippen LogP contribution in [0.5, 0.6) is 0 Å². The highest BCUT2D eigenvalue weighted by Gasteiger charge is 2.52. The van der Waals surface area contributed by atoms with E-state index in [2.05, 4.69) is 4.74 Å². The minimum atomic E-state index is -1.41. The van der Waals surface area contributed by atoms with Crippen molar-refractivity contribution in [2.75, 3.05) is 13.2 Å². The van der Waals surface area contributed by atoms with E-state index < -0.39 is 23.5 Å². The Labute approximate surface area is 75.6 Å². The molecule has 1 aliphatic heterocycles. The number of cyclic esters (lactones) is 1. The van der Waals surface area contributed by atoms with E-state index in [0.717, 1.165) is 0 Å². The minimum absolute atomic E-state index is 0.119. The quantitative estimate of drug-likeness (QED) is 0.590. The molecule has 5 heteroatoms. The molecule has 0 unspecified atom stereocenters. The van der Waals surface area contributed by atoms with E-state index in [1.807, 2.05) is 0 Å². The molecular weight excluding hydrogens is 176 g/mol. The van der Waals surface area contributed by atoms with Gasteiger partial charge in [0.2, 0.25) is 0 Å².